The van der Waals surface area contributed by atoms with Gasteiger partial charge in [-0.3, -0.25) is 4.79 Å². The molecule has 126 valence electrons. The van der Waals surface area contributed by atoms with Crippen LogP contribution in [-0.4, -0.2) is 30.0 Å². The minimum Gasteiger partial charge on any atom is -0.481 e. The average molecular weight is 326 g/mol. The molecule has 1 fully saturated rings. The van der Waals surface area contributed by atoms with Crippen molar-refractivity contribution >= 4 is 5.78 Å². The number of nitrogens with zero attached hydrogens (tertiary/aromatic N) is 2. The van der Waals surface area contributed by atoms with Crippen LogP contribution in [0.5, 0.6) is 11.9 Å². The molecular weight excluding hydrogens is 304 g/mol. The highest BCUT2D eigenvalue weighted by atomic mass is 16.5. The number of hydrogen-bond acceptors (Lipinski definition) is 5. The molecule has 24 heavy (non-hydrogen) atoms. The summed E-state index contributed by atoms with van der Waals surface area (Å²) in [6, 6.07) is 10.5. The number of ketones is 1. The van der Waals surface area contributed by atoms with Crippen LogP contribution >= 0.6 is 0 Å². The van der Waals surface area contributed by atoms with E-state index in [0.717, 1.165) is 24.1 Å². The van der Waals surface area contributed by atoms with E-state index in [-0.39, 0.29) is 5.92 Å². The van der Waals surface area contributed by atoms with E-state index in [2.05, 4.69) is 22.1 Å². The van der Waals surface area contributed by atoms with Crippen LogP contribution in [0.1, 0.15) is 48.4 Å². The monoisotopic (exact) mass is 326 g/mol. The summed E-state index contributed by atoms with van der Waals surface area (Å²) < 4.78 is 10.8. The van der Waals surface area contributed by atoms with Crippen molar-refractivity contribution in [2.75, 3.05) is 14.2 Å². The first-order valence-electron chi connectivity index (χ1n) is 8.25. The first-order valence-corrected chi connectivity index (χ1v) is 8.25. The maximum absolute atomic E-state index is 11.6. The van der Waals surface area contributed by atoms with Crippen LogP contribution in [0.3, 0.4) is 0 Å². The van der Waals surface area contributed by atoms with Gasteiger partial charge in [0.25, 0.3) is 0 Å². The summed E-state index contributed by atoms with van der Waals surface area (Å²) in [7, 11) is 3.17. The summed E-state index contributed by atoms with van der Waals surface area (Å²) in [6.07, 6.45) is 3.58. The number of ether oxygens (including phenoxy) is 2. The number of hydrogen-bond donors (Lipinski definition) is 0. The molecule has 1 aromatic heterocycles. The van der Waals surface area contributed by atoms with Crippen molar-refractivity contribution in [3.8, 4) is 11.9 Å². The van der Waals surface area contributed by atoms with Crippen molar-refractivity contribution in [2.45, 2.75) is 38.0 Å². The van der Waals surface area contributed by atoms with Crippen LogP contribution in [0.25, 0.3) is 0 Å². The maximum Gasteiger partial charge on any atom is 0.319 e. The largest absolute Gasteiger partial charge is 0.481 e. The molecule has 1 aliphatic carbocycles. The lowest BCUT2D eigenvalue weighted by molar-refractivity contribution is -0.120. The van der Waals surface area contributed by atoms with Crippen molar-refractivity contribution in [2.24, 2.45) is 0 Å². The highest BCUT2D eigenvalue weighted by Crippen LogP contribution is 2.36. The predicted molar refractivity (Wildman–Crippen MR) is 90.6 cm³/mol. The number of rotatable bonds is 5. The Kier molecular flexibility index (Phi) is 5.08. The van der Waals surface area contributed by atoms with E-state index in [1.165, 1.54) is 5.56 Å². The van der Waals surface area contributed by atoms with E-state index in [0.29, 0.717) is 36.9 Å². The topological polar surface area (TPSA) is 61.3 Å². The molecule has 5 nitrogen and oxygen atoms in total. The van der Waals surface area contributed by atoms with Gasteiger partial charge in [-0.15, -0.1) is 0 Å². The molecule has 1 heterocycles. The molecule has 0 amide bonds. The van der Waals surface area contributed by atoms with Gasteiger partial charge in [-0.25, -0.2) is 0 Å². The molecule has 1 aromatic carbocycles. The van der Waals surface area contributed by atoms with Gasteiger partial charge in [-0.2, -0.15) is 9.97 Å². The molecular formula is C19H22N2O3. The van der Waals surface area contributed by atoms with Gasteiger partial charge in [-0.05, 0) is 18.4 Å². The molecule has 0 unspecified atom stereocenters. The van der Waals surface area contributed by atoms with Gasteiger partial charge in [0.05, 0.1) is 19.9 Å². The normalized spacial score (nSPS) is 15.3. The highest BCUT2D eigenvalue weighted by molar-refractivity contribution is 5.79. The Morgan fingerprint density at radius 2 is 1.75 bits per heavy atom. The maximum atomic E-state index is 11.6. The van der Waals surface area contributed by atoms with E-state index in [4.69, 9.17) is 9.47 Å². The molecule has 0 aliphatic heterocycles. The summed E-state index contributed by atoms with van der Waals surface area (Å²) in [6.45, 7) is 0. The molecule has 0 N–H and O–H groups in total. The van der Waals surface area contributed by atoms with Crippen molar-refractivity contribution in [3.05, 3.63) is 47.2 Å². The van der Waals surface area contributed by atoms with Crippen LogP contribution in [-0.2, 0) is 11.2 Å². The Labute approximate surface area is 142 Å². The predicted octanol–water partition coefficient (Wildman–Crippen LogP) is 3.31. The van der Waals surface area contributed by atoms with E-state index >= 15 is 0 Å². The number of aromatic nitrogens is 2. The summed E-state index contributed by atoms with van der Waals surface area (Å²) >= 11 is 0. The smallest absolute Gasteiger partial charge is 0.319 e. The Morgan fingerprint density at radius 1 is 1.04 bits per heavy atom. The third-order valence-corrected chi connectivity index (χ3v) is 4.51. The van der Waals surface area contributed by atoms with E-state index < -0.39 is 0 Å². The number of methoxy groups -OCH3 is 2. The first-order chi connectivity index (χ1) is 11.7. The summed E-state index contributed by atoms with van der Waals surface area (Å²) in [4.78, 5) is 20.6. The Balaban J connectivity index is 2.01. The van der Waals surface area contributed by atoms with Gasteiger partial charge in [0.2, 0.25) is 5.88 Å². The van der Waals surface area contributed by atoms with Crippen molar-refractivity contribution < 1.29 is 14.3 Å². The molecule has 0 spiro atoms. The molecule has 1 saturated carbocycles. The molecule has 2 aromatic rings. The lowest BCUT2D eigenvalue weighted by atomic mass is 9.83. The second kappa shape index (κ2) is 7.43. The fourth-order valence-electron chi connectivity index (χ4n) is 3.24. The fourth-order valence-corrected chi connectivity index (χ4v) is 3.24. The van der Waals surface area contributed by atoms with Crippen molar-refractivity contribution in [3.63, 3.8) is 0 Å². The number of carbonyl (C=O) groups is 1. The molecule has 0 radical (unpaired) electrons. The van der Waals surface area contributed by atoms with Crippen LogP contribution in [0.4, 0.5) is 0 Å². The van der Waals surface area contributed by atoms with Crippen LogP contribution < -0.4 is 9.47 Å². The summed E-state index contributed by atoms with van der Waals surface area (Å²) in [5.41, 5.74) is 3.12. The van der Waals surface area contributed by atoms with E-state index in [1.54, 1.807) is 14.2 Å². The summed E-state index contributed by atoms with van der Waals surface area (Å²) in [5.74, 6) is 1.13. The Hall–Kier alpha value is -2.43. The van der Waals surface area contributed by atoms with Gasteiger partial charge in [-0.1, -0.05) is 30.3 Å². The zero-order valence-electron chi connectivity index (χ0n) is 14.1. The molecule has 1 aliphatic rings. The first kappa shape index (κ1) is 16.4. The minimum absolute atomic E-state index is 0.243. The van der Waals surface area contributed by atoms with Gasteiger partial charge in [0, 0.05) is 30.7 Å². The zero-order chi connectivity index (χ0) is 16.9. The Bertz CT molecular complexity index is 706. The molecule has 0 atom stereocenters. The van der Waals surface area contributed by atoms with E-state index in [1.807, 2.05) is 18.2 Å². The molecule has 0 saturated heterocycles. The summed E-state index contributed by atoms with van der Waals surface area (Å²) in [5, 5.41) is 0. The average Bonchev–Trinajstić information content (AvgIpc) is 2.63. The van der Waals surface area contributed by atoms with Crippen LogP contribution in [0.2, 0.25) is 0 Å². The molecule has 5 heteroatoms. The quantitative estimate of drug-likeness (QED) is 0.843. The van der Waals surface area contributed by atoms with Gasteiger partial charge in [0.15, 0.2) is 0 Å². The van der Waals surface area contributed by atoms with Gasteiger partial charge >= 0.3 is 6.01 Å². The van der Waals surface area contributed by atoms with Gasteiger partial charge < -0.3 is 9.47 Å². The molecule has 3 rings (SSSR count). The van der Waals surface area contributed by atoms with Crippen LogP contribution in [0.15, 0.2) is 30.3 Å². The van der Waals surface area contributed by atoms with E-state index in [9.17, 15) is 4.79 Å². The van der Waals surface area contributed by atoms with Crippen LogP contribution in [0, 0.1) is 0 Å². The van der Waals surface area contributed by atoms with Gasteiger partial charge in [0.1, 0.15) is 5.78 Å². The van der Waals surface area contributed by atoms with Crippen molar-refractivity contribution in [1.29, 1.82) is 0 Å². The van der Waals surface area contributed by atoms with Crippen molar-refractivity contribution in [1.82, 2.24) is 9.97 Å². The second-order valence-corrected chi connectivity index (χ2v) is 6.06. The number of benzene rings is 1. The lowest BCUT2D eigenvalue weighted by Crippen LogP contribution is -2.17. The fraction of sp³-hybridized carbons (Fsp3) is 0.421. The zero-order valence-corrected chi connectivity index (χ0v) is 14.1. The second-order valence-electron chi connectivity index (χ2n) is 6.06. The standard InChI is InChI=1S/C19H22N2O3/c1-23-18-16(12-13-6-4-3-5-7-13)17(20-19(21-18)24-2)14-8-10-15(22)11-9-14/h3-7,14H,8-12H2,1-2H3. The number of Topliss-reactive ketones (excluding diaryl/α,β-unsaturated/α-hetero) is 1. The number of carbonyl (C=O) groups excluding carboxylic acids is 1. The third kappa shape index (κ3) is 3.55. The SMILES string of the molecule is COc1nc(OC)c(Cc2ccccc2)c(C2CCC(=O)CC2)n1. The lowest BCUT2D eigenvalue weighted by Gasteiger charge is -2.24. The highest BCUT2D eigenvalue weighted by Gasteiger charge is 2.27. The minimum atomic E-state index is 0.243. The third-order valence-electron chi connectivity index (χ3n) is 4.51. The Morgan fingerprint density at radius 3 is 2.38 bits per heavy atom. The molecule has 0 bridgehead atoms.